The molecule has 2 aromatic rings. The summed E-state index contributed by atoms with van der Waals surface area (Å²) in [5, 5.41) is 9.85. The van der Waals surface area contributed by atoms with E-state index < -0.39 is 0 Å². The molecule has 0 bridgehead atoms. The second kappa shape index (κ2) is 4.55. The number of rotatable bonds is 2. The topological polar surface area (TPSA) is 25.8 Å². The maximum atomic E-state index is 5.67. The van der Waals surface area contributed by atoms with Crippen molar-refractivity contribution < 1.29 is 0 Å². The van der Waals surface area contributed by atoms with Crippen molar-refractivity contribution in [1.82, 2.24) is 10.2 Å². The van der Waals surface area contributed by atoms with E-state index in [2.05, 4.69) is 38.9 Å². The molecule has 0 aliphatic rings. The molecule has 2 nitrogen and oxygen atoms in total. The smallest absolute Gasteiger partial charge is 0.142 e. The fourth-order valence-corrected chi connectivity index (χ4v) is 2.49. The molecule has 72 valence electrons. The van der Waals surface area contributed by atoms with Crippen LogP contribution in [0.5, 0.6) is 0 Å². The van der Waals surface area contributed by atoms with Crippen molar-refractivity contribution in [2.75, 3.05) is 0 Å². The highest BCUT2D eigenvalue weighted by molar-refractivity contribution is 14.1. The lowest BCUT2D eigenvalue weighted by Gasteiger charge is -1.94. The van der Waals surface area contributed by atoms with Gasteiger partial charge in [0, 0.05) is 9.13 Å². The second-order valence-electron chi connectivity index (χ2n) is 2.64. The van der Waals surface area contributed by atoms with E-state index in [4.69, 9.17) is 11.6 Å². The maximum Gasteiger partial charge on any atom is 0.147 e. The standard InChI is InChI=1S/C9H6ClIN2S/c10-5-8-12-13-9(14-8)6-2-1-3-7(11)4-6/h1-4H,5H2. The van der Waals surface area contributed by atoms with Crippen LogP contribution in [0.1, 0.15) is 5.01 Å². The average Bonchev–Trinajstić information content (AvgIpc) is 2.66. The molecule has 0 spiro atoms. The zero-order valence-electron chi connectivity index (χ0n) is 7.08. The summed E-state index contributed by atoms with van der Waals surface area (Å²) < 4.78 is 1.20. The maximum absolute atomic E-state index is 5.67. The van der Waals surface area contributed by atoms with Gasteiger partial charge in [0.2, 0.25) is 0 Å². The van der Waals surface area contributed by atoms with Crippen LogP contribution in [0, 0.1) is 3.57 Å². The molecule has 0 atom stereocenters. The molecule has 14 heavy (non-hydrogen) atoms. The fourth-order valence-electron chi connectivity index (χ4n) is 1.05. The van der Waals surface area contributed by atoms with E-state index in [1.165, 1.54) is 14.9 Å². The quantitative estimate of drug-likeness (QED) is 0.619. The third kappa shape index (κ3) is 2.24. The van der Waals surface area contributed by atoms with Gasteiger partial charge in [-0.1, -0.05) is 23.5 Å². The monoisotopic (exact) mass is 336 g/mol. The largest absolute Gasteiger partial charge is 0.147 e. The van der Waals surface area contributed by atoms with E-state index in [1.54, 1.807) is 0 Å². The molecular weight excluding hydrogens is 331 g/mol. The van der Waals surface area contributed by atoms with Crippen molar-refractivity contribution in [1.29, 1.82) is 0 Å². The Morgan fingerprint density at radius 3 is 2.86 bits per heavy atom. The van der Waals surface area contributed by atoms with E-state index >= 15 is 0 Å². The van der Waals surface area contributed by atoms with Gasteiger partial charge in [0.25, 0.3) is 0 Å². The van der Waals surface area contributed by atoms with Crippen molar-refractivity contribution in [3.8, 4) is 10.6 Å². The Morgan fingerprint density at radius 2 is 2.21 bits per heavy atom. The summed E-state index contributed by atoms with van der Waals surface area (Å²) in [6, 6.07) is 8.17. The van der Waals surface area contributed by atoms with Crippen LogP contribution in [0.25, 0.3) is 10.6 Å². The van der Waals surface area contributed by atoms with Crippen molar-refractivity contribution >= 4 is 45.5 Å². The molecule has 1 aromatic carbocycles. The summed E-state index contributed by atoms with van der Waals surface area (Å²) in [5.74, 6) is 0.432. The molecule has 0 saturated heterocycles. The number of hydrogen-bond acceptors (Lipinski definition) is 3. The number of alkyl halides is 1. The summed E-state index contributed by atoms with van der Waals surface area (Å²) in [4.78, 5) is 0. The molecule has 2 rings (SSSR count). The zero-order valence-corrected chi connectivity index (χ0v) is 10.8. The Balaban J connectivity index is 2.39. The van der Waals surface area contributed by atoms with Crippen LogP contribution in [0.4, 0.5) is 0 Å². The van der Waals surface area contributed by atoms with Gasteiger partial charge < -0.3 is 0 Å². The Labute approximate surface area is 104 Å². The Bertz CT molecular complexity index is 444. The molecule has 0 N–H and O–H groups in total. The highest BCUT2D eigenvalue weighted by Gasteiger charge is 2.05. The van der Waals surface area contributed by atoms with Crippen LogP contribution in [0.2, 0.25) is 0 Å². The molecule has 0 radical (unpaired) electrons. The molecule has 0 amide bonds. The normalized spacial score (nSPS) is 10.4. The van der Waals surface area contributed by atoms with Crippen molar-refractivity contribution in [2.45, 2.75) is 5.88 Å². The summed E-state index contributed by atoms with van der Waals surface area (Å²) in [7, 11) is 0. The van der Waals surface area contributed by atoms with E-state index in [1.807, 2.05) is 18.2 Å². The minimum absolute atomic E-state index is 0.432. The van der Waals surface area contributed by atoms with Crippen LogP contribution in [-0.2, 0) is 5.88 Å². The first kappa shape index (κ1) is 10.3. The van der Waals surface area contributed by atoms with Crippen LogP contribution in [0.3, 0.4) is 0 Å². The summed E-state index contributed by atoms with van der Waals surface area (Å²) in [5.41, 5.74) is 1.10. The van der Waals surface area contributed by atoms with E-state index in [0.717, 1.165) is 15.6 Å². The van der Waals surface area contributed by atoms with Gasteiger partial charge in [0.05, 0.1) is 5.88 Å². The zero-order chi connectivity index (χ0) is 9.97. The molecule has 5 heteroatoms. The third-order valence-corrected chi connectivity index (χ3v) is 3.71. The third-order valence-electron chi connectivity index (χ3n) is 1.65. The number of benzene rings is 1. The molecule has 1 aromatic heterocycles. The average molecular weight is 337 g/mol. The predicted octanol–water partition coefficient (Wildman–Crippen LogP) is 3.55. The fraction of sp³-hybridized carbons (Fsp3) is 0.111. The van der Waals surface area contributed by atoms with Gasteiger partial charge in [-0.05, 0) is 34.7 Å². The van der Waals surface area contributed by atoms with Gasteiger partial charge in [0.15, 0.2) is 0 Å². The molecule has 0 saturated carbocycles. The van der Waals surface area contributed by atoms with Gasteiger partial charge in [-0.2, -0.15) is 0 Å². The van der Waals surface area contributed by atoms with Gasteiger partial charge in [-0.15, -0.1) is 21.8 Å². The molecule has 1 heterocycles. The molecule has 0 aliphatic carbocycles. The first-order chi connectivity index (χ1) is 6.79. The summed E-state index contributed by atoms with van der Waals surface area (Å²) >= 11 is 9.48. The van der Waals surface area contributed by atoms with Crippen molar-refractivity contribution in [2.24, 2.45) is 0 Å². The predicted molar refractivity (Wildman–Crippen MR) is 67.6 cm³/mol. The van der Waals surface area contributed by atoms with Gasteiger partial charge >= 0.3 is 0 Å². The Hall–Kier alpha value is -0.200. The minimum atomic E-state index is 0.432. The number of hydrogen-bond donors (Lipinski definition) is 0. The molecule has 0 aliphatic heterocycles. The van der Waals surface area contributed by atoms with Crippen molar-refractivity contribution in [3.63, 3.8) is 0 Å². The molecule has 0 fully saturated rings. The SMILES string of the molecule is ClCc1nnc(-c2cccc(I)c2)s1. The van der Waals surface area contributed by atoms with Crippen LogP contribution in [0.15, 0.2) is 24.3 Å². The number of halogens is 2. The Kier molecular flexibility index (Phi) is 3.35. The summed E-state index contributed by atoms with van der Waals surface area (Å²) in [6.07, 6.45) is 0. The lowest BCUT2D eigenvalue weighted by atomic mass is 10.2. The lowest BCUT2D eigenvalue weighted by molar-refractivity contribution is 1.04. The van der Waals surface area contributed by atoms with E-state index in [0.29, 0.717) is 5.88 Å². The minimum Gasteiger partial charge on any atom is -0.142 e. The van der Waals surface area contributed by atoms with E-state index in [-0.39, 0.29) is 0 Å². The van der Waals surface area contributed by atoms with Crippen LogP contribution < -0.4 is 0 Å². The lowest BCUT2D eigenvalue weighted by Crippen LogP contribution is -1.78. The number of aromatic nitrogens is 2. The van der Waals surface area contributed by atoms with E-state index in [9.17, 15) is 0 Å². The summed E-state index contributed by atoms with van der Waals surface area (Å²) in [6.45, 7) is 0. The van der Waals surface area contributed by atoms with Crippen LogP contribution >= 0.6 is 45.5 Å². The molecular formula is C9H6ClIN2S. The second-order valence-corrected chi connectivity index (χ2v) is 5.22. The highest BCUT2D eigenvalue weighted by Crippen LogP contribution is 2.25. The first-order valence-electron chi connectivity index (χ1n) is 3.94. The number of nitrogens with zero attached hydrogens (tertiary/aromatic N) is 2. The van der Waals surface area contributed by atoms with Gasteiger partial charge in [-0.25, -0.2) is 0 Å². The van der Waals surface area contributed by atoms with Crippen molar-refractivity contribution in [3.05, 3.63) is 32.8 Å². The van der Waals surface area contributed by atoms with Gasteiger partial charge in [-0.3, -0.25) is 0 Å². The highest BCUT2D eigenvalue weighted by atomic mass is 127. The van der Waals surface area contributed by atoms with Crippen LogP contribution in [-0.4, -0.2) is 10.2 Å². The van der Waals surface area contributed by atoms with Gasteiger partial charge in [0.1, 0.15) is 10.0 Å². The Morgan fingerprint density at radius 1 is 1.36 bits per heavy atom. The molecule has 0 unspecified atom stereocenters. The first-order valence-corrected chi connectivity index (χ1v) is 6.37.